The van der Waals surface area contributed by atoms with Gasteiger partial charge >= 0.3 is 0 Å². The Morgan fingerprint density at radius 1 is 1.35 bits per heavy atom. The van der Waals surface area contributed by atoms with Crippen LogP contribution in [0, 0.1) is 11.8 Å². The first-order chi connectivity index (χ1) is 11.3. The van der Waals surface area contributed by atoms with E-state index in [4.69, 9.17) is 4.74 Å². The topological polar surface area (TPSA) is 41.5 Å². The Balaban J connectivity index is 1.74. The molecule has 3 heteroatoms. The molecule has 1 saturated heterocycles. The molecule has 3 nitrogen and oxygen atoms in total. The molecule has 0 bridgehead atoms. The van der Waals surface area contributed by atoms with Gasteiger partial charge in [-0.1, -0.05) is 31.2 Å². The molecule has 4 atom stereocenters. The summed E-state index contributed by atoms with van der Waals surface area (Å²) in [6.45, 7) is 3.06. The molecule has 1 fully saturated rings. The largest absolute Gasteiger partial charge is 0.508 e. The van der Waals surface area contributed by atoms with Crippen LogP contribution in [-0.2, 0) is 11.2 Å². The molecule has 1 unspecified atom stereocenters. The smallest absolute Gasteiger partial charge is 0.111 e. The number of aryl methyl sites for hydroxylation is 1. The van der Waals surface area contributed by atoms with Crippen LogP contribution in [0.3, 0.4) is 0 Å². The van der Waals surface area contributed by atoms with Gasteiger partial charge in [0.2, 0.25) is 0 Å². The number of hydrogen-bond acceptors (Lipinski definition) is 3. The molecule has 23 heavy (non-hydrogen) atoms. The Morgan fingerprint density at radius 3 is 3.09 bits per heavy atom. The maximum Gasteiger partial charge on any atom is 0.111 e. The van der Waals surface area contributed by atoms with Gasteiger partial charge in [0.1, 0.15) is 5.76 Å². The van der Waals surface area contributed by atoms with Crippen LogP contribution >= 0.6 is 0 Å². The van der Waals surface area contributed by atoms with Gasteiger partial charge < -0.3 is 15.2 Å². The molecule has 0 radical (unpaired) electrons. The molecule has 1 aromatic rings. The van der Waals surface area contributed by atoms with Gasteiger partial charge in [-0.25, -0.2) is 0 Å². The first kappa shape index (κ1) is 14.8. The van der Waals surface area contributed by atoms with Crippen LogP contribution in [0.4, 0.5) is 5.69 Å². The fraction of sp³-hybridized carbons (Fsp3) is 0.500. The van der Waals surface area contributed by atoms with Crippen molar-refractivity contribution in [3.8, 4) is 0 Å². The minimum absolute atomic E-state index is 0.193. The summed E-state index contributed by atoms with van der Waals surface area (Å²) in [7, 11) is 0. The number of anilines is 1. The van der Waals surface area contributed by atoms with Crippen molar-refractivity contribution < 1.29 is 9.84 Å². The van der Waals surface area contributed by atoms with Crippen LogP contribution in [0.15, 0.2) is 42.2 Å². The van der Waals surface area contributed by atoms with Crippen molar-refractivity contribution in [2.24, 2.45) is 11.8 Å². The summed E-state index contributed by atoms with van der Waals surface area (Å²) in [6, 6.07) is 6.91. The molecule has 2 heterocycles. The Kier molecular flexibility index (Phi) is 3.90. The lowest BCUT2D eigenvalue weighted by molar-refractivity contribution is -0.0419. The highest BCUT2D eigenvalue weighted by Crippen LogP contribution is 2.47. The van der Waals surface area contributed by atoms with Gasteiger partial charge in [-0.05, 0) is 43.4 Å². The Hall–Kier alpha value is -1.74. The zero-order valence-corrected chi connectivity index (χ0v) is 13.7. The van der Waals surface area contributed by atoms with Crippen molar-refractivity contribution >= 4 is 5.69 Å². The third-order valence-corrected chi connectivity index (χ3v) is 5.55. The molecular weight excluding hydrogens is 286 g/mol. The number of hydrogen-bond donors (Lipinski definition) is 2. The molecule has 1 aromatic carbocycles. The normalized spacial score (nSPS) is 32.5. The van der Waals surface area contributed by atoms with E-state index in [1.54, 1.807) is 6.08 Å². The third-order valence-electron chi connectivity index (χ3n) is 5.55. The highest BCUT2D eigenvalue weighted by Gasteiger charge is 2.42. The molecule has 4 rings (SSSR count). The highest BCUT2D eigenvalue weighted by molar-refractivity contribution is 5.62. The number of allylic oxidation sites excluding steroid dienone is 2. The molecule has 3 aliphatic rings. The molecule has 2 aliphatic heterocycles. The zero-order valence-electron chi connectivity index (χ0n) is 13.7. The molecule has 1 aliphatic carbocycles. The number of aliphatic hydroxyl groups excluding tert-OH is 1. The predicted molar refractivity (Wildman–Crippen MR) is 92.6 cm³/mol. The van der Waals surface area contributed by atoms with Crippen LogP contribution in [-0.4, -0.2) is 17.8 Å². The minimum Gasteiger partial charge on any atom is -0.508 e. The number of para-hydroxylation sites is 1. The standard InChI is InChI=1S/C20H25NO2/c1-2-13-6-4-9-16-18(13)21-19(14-7-3-8-15(22)12-14)17-10-5-11-23-20(16)17/h3-4,6,8-9,12,14,17,19-22H,2,5,7,10-11H2,1H3/t14?,17-,19-,20+/m0/s1. The number of nitrogens with one attached hydrogen (secondary N) is 1. The fourth-order valence-corrected chi connectivity index (χ4v) is 4.46. The van der Waals surface area contributed by atoms with E-state index in [2.05, 4.69) is 36.5 Å². The summed E-state index contributed by atoms with van der Waals surface area (Å²) in [5.74, 6) is 1.20. The van der Waals surface area contributed by atoms with Crippen LogP contribution in [0.25, 0.3) is 0 Å². The first-order valence-electron chi connectivity index (χ1n) is 8.85. The van der Waals surface area contributed by atoms with E-state index in [0.29, 0.717) is 23.6 Å². The number of ether oxygens (including phenoxy) is 1. The molecule has 2 N–H and O–H groups in total. The van der Waals surface area contributed by atoms with Crippen molar-refractivity contribution in [2.75, 3.05) is 11.9 Å². The lowest BCUT2D eigenvalue weighted by atomic mass is 9.73. The average molecular weight is 311 g/mol. The van der Waals surface area contributed by atoms with Gasteiger partial charge in [0.15, 0.2) is 0 Å². The van der Waals surface area contributed by atoms with Gasteiger partial charge in [-0.15, -0.1) is 0 Å². The quantitative estimate of drug-likeness (QED) is 0.843. The van der Waals surface area contributed by atoms with Crippen molar-refractivity contribution in [3.05, 3.63) is 53.3 Å². The van der Waals surface area contributed by atoms with Crippen molar-refractivity contribution in [1.82, 2.24) is 0 Å². The Morgan fingerprint density at radius 2 is 2.26 bits per heavy atom. The van der Waals surface area contributed by atoms with E-state index < -0.39 is 0 Å². The fourth-order valence-electron chi connectivity index (χ4n) is 4.46. The summed E-state index contributed by atoms with van der Waals surface area (Å²) in [4.78, 5) is 0. The number of fused-ring (bicyclic) bond motifs is 3. The van der Waals surface area contributed by atoms with E-state index in [1.165, 1.54) is 23.2 Å². The predicted octanol–water partition coefficient (Wildman–Crippen LogP) is 4.53. The van der Waals surface area contributed by atoms with Crippen LogP contribution in [0.2, 0.25) is 0 Å². The summed E-state index contributed by atoms with van der Waals surface area (Å²) >= 11 is 0. The maximum absolute atomic E-state index is 9.92. The van der Waals surface area contributed by atoms with Gasteiger partial charge in [-0.2, -0.15) is 0 Å². The summed E-state index contributed by atoms with van der Waals surface area (Å²) < 4.78 is 6.21. The van der Waals surface area contributed by atoms with Gasteiger partial charge in [0.25, 0.3) is 0 Å². The second-order valence-corrected chi connectivity index (χ2v) is 6.90. The minimum atomic E-state index is 0.193. The van der Waals surface area contributed by atoms with E-state index >= 15 is 0 Å². The van der Waals surface area contributed by atoms with E-state index in [0.717, 1.165) is 25.9 Å². The highest BCUT2D eigenvalue weighted by atomic mass is 16.5. The molecule has 122 valence electrons. The second-order valence-electron chi connectivity index (χ2n) is 6.90. The van der Waals surface area contributed by atoms with Crippen LogP contribution < -0.4 is 5.32 Å². The number of benzene rings is 1. The zero-order chi connectivity index (χ0) is 15.8. The summed E-state index contributed by atoms with van der Waals surface area (Å²) in [5, 5.41) is 13.8. The average Bonchev–Trinajstić information content (AvgIpc) is 2.60. The number of rotatable bonds is 2. The molecule has 0 amide bonds. The van der Waals surface area contributed by atoms with Gasteiger partial charge in [0, 0.05) is 35.7 Å². The van der Waals surface area contributed by atoms with E-state index in [1.807, 2.05) is 6.08 Å². The molecule has 0 aromatic heterocycles. The lowest BCUT2D eigenvalue weighted by Gasteiger charge is -2.46. The molecular formula is C20H25NO2. The SMILES string of the molecule is CCc1cccc2c1N[C@@H](C1C=C(O)C=CC1)[C@@H]1CCCO[C@H]21. The van der Waals surface area contributed by atoms with Crippen molar-refractivity contribution in [2.45, 2.75) is 44.8 Å². The van der Waals surface area contributed by atoms with Gasteiger partial charge in [0.05, 0.1) is 6.10 Å². The summed E-state index contributed by atoms with van der Waals surface area (Å²) in [5.41, 5.74) is 3.95. The molecule has 0 saturated carbocycles. The van der Waals surface area contributed by atoms with E-state index in [-0.39, 0.29) is 6.10 Å². The Labute approximate surface area is 138 Å². The van der Waals surface area contributed by atoms with Crippen molar-refractivity contribution in [1.29, 1.82) is 0 Å². The monoisotopic (exact) mass is 311 g/mol. The first-order valence-corrected chi connectivity index (χ1v) is 8.85. The maximum atomic E-state index is 9.92. The summed E-state index contributed by atoms with van der Waals surface area (Å²) in [6.07, 6.45) is 10.4. The van der Waals surface area contributed by atoms with Gasteiger partial charge in [-0.3, -0.25) is 0 Å². The lowest BCUT2D eigenvalue weighted by Crippen LogP contribution is -2.45. The van der Waals surface area contributed by atoms with Crippen LogP contribution in [0.1, 0.15) is 43.4 Å². The molecule has 0 spiro atoms. The van der Waals surface area contributed by atoms with E-state index in [9.17, 15) is 5.11 Å². The number of aliphatic hydroxyl groups is 1. The third kappa shape index (κ3) is 2.57. The second kappa shape index (κ2) is 6.04. The van der Waals surface area contributed by atoms with Crippen molar-refractivity contribution in [3.63, 3.8) is 0 Å². The van der Waals surface area contributed by atoms with Crippen LogP contribution in [0.5, 0.6) is 0 Å². The Bertz CT molecular complexity index is 649.